The summed E-state index contributed by atoms with van der Waals surface area (Å²) in [6, 6.07) is 5.72. The largest absolute Gasteiger partial charge is 0.496 e. The third-order valence-electron chi connectivity index (χ3n) is 2.89. The van der Waals surface area contributed by atoms with E-state index in [0.717, 1.165) is 29.9 Å². The lowest BCUT2D eigenvalue weighted by Gasteiger charge is -2.19. The Morgan fingerprint density at radius 3 is 1.94 bits per heavy atom. The van der Waals surface area contributed by atoms with Gasteiger partial charge in [-0.2, -0.15) is 0 Å². The van der Waals surface area contributed by atoms with E-state index in [0.29, 0.717) is 5.92 Å². The van der Waals surface area contributed by atoms with Gasteiger partial charge >= 0.3 is 0 Å². The van der Waals surface area contributed by atoms with Gasteiger partial charge in [0.2, 0.25) is 0 Å². The highest BCUT2D eigenvalue weighted by molar-refractivity contribution is 5.85. The van der Waals surface area contributed by atoms with Gasteiger partial charge in [0, 0.05) is 6.04 Å². The Morgan fingerprint density at radius 2 is 1.56 bits per heavy atom. The minimum Gasteiger partial charge on any atom is -0.496 e. The first kappa shape index (κ1) is 17.1. The molecule has 18 heavy (non-hydrogen) atoms. The van der Waals surface area contributed by atoms with Gasteiger partial charge in [-0.1, -0.05) is 19.9 Å². The van der Waals surface area contributed by atoms with Gasteiger partial charge in [0.1, 0.15) is 11.5 Å². The van der Waals surface area contributed by atoms with Crippen molar-refractivity contribution in [1.29, 1.82) is 0 Å². The summed E-state index contributed by atoms with van der Waals surface area (Å²) in [6.45, 7) is 4.40. The number of halogens is 1. The minimum atomic E-state index is -0.0384. The van der Waals surface area contributed by atoms with E-state index in [1.54, 1.807) is 14.2 Å². The molecule has 1 atom stereocenters. The van der Waals surface area contributed by atoms with Gasteiger partial charge < -0.3 is 15.2 Å². The smallest absolute Gasteiger partial charge is 0.127 e. The fourth-order valence-electron chi connectivity index (χ4n) is 1.90. The third-order valence-corrected chi connectivity index (χ3v) is 2.89. The molecule has 0 amide bonds. The second-order valence-electron chi connectivity index (χ2n) is 4.65. The van der Waals surface area contributed by atoms with Gasteiger partial charge in [-0.15, -0.1) is 12.4 Å². The Kier molecular flexibility index (Phi) is 7.80. The van der Waals surface area contributed by atoms with E-state index in [1.165, 1.54) is 0 Å². The Morgan fingerprint density at radius 1 is 1.06 bits per heavy atom. The second kappa shape index (κ2) is 8.22. The molecular weight excluding hydrogens is 250 g/mol. The molecular formula is C14H24ClNO2. The molecule has 3 nitrogen and oxygen atoms in total. The van der Waals surface area contributed by atoms with E-state index >= 15 is 0 Å². The third kappa shape index (κ3) is 4.39. The van der Waals surface area contributed by atoms with Crippen molar-refractivity contribution in [2.24, 2.45) is 11.7 Å². The van der Waals surface area contributed by atoms with Crippen LogP contribution >= 0.6 is 12.4 Å². The summed E-state index contributed by atoms with van der Waals surface area (Å²) in [4.78, 5) is 0. The van der Waals surface area contributed by atoms with Crippen molar-refractivity contribution < 1.29 is 9.47 Å². The standard InChI is InChI=1S/C14H23NO2.ClH/c1-10(2)8-9-11(15)14-12(16-3)6-5-7-13(14)17-4;/h5-7,10-11H,8-9,15H2,1-4H3;1H/t11-;/m1./s1. The summed E-state index contributed by atoms with van der Waals surface area (Å²) in [7, 11) is 3.32. The topological polar surface area (TPSA) is 44.5 Å². The highest BCUT2D eigenvalue weighted by Crippen LogP contribution is 2.35. The fraction of sp³-hybridized carbons (Fsp3) is 0.571. The predicted octanol–water partition coefficient (Wildman–Crippen LogP) is 3.56. The number of nitrogens with two attached hydrogens (primary N) is 1. The van der Waals surface area contributed by atoms with Gasteiger partial charge in [-0.05, 0) is 30.9 Å². The predicted molar refractivity (Wildman–Crippen MR) is 77.8 cm³/mol. The van der Waals surface area contributed by atoms with Gasteiger partial charge in [0.15, 0.2) is 0 Å². The number of hydrogen-bond donors (Lipinski definition) is 1. The molecule has 0 fully saturated rings. The van der Waals surface area contributed by atoms with Crippen LogP contribution in [0.1, 0.15) is 38.3 Å². The van der Waals surface area contributed by atoms with E-state index in [1.807, 2.05) is 18.2 Å². The summed E-state index contributed by atoms with van der Waals surface area (Å²) in [6.07, 6.45) is 2.04. The molecule has 0 aliphatic carbocycles. The van der Waals surface area contributed by atoms with Crippen LogP contribution in [-0.4, -0.2) is 14.2 Å². The molecule has 0 saturated heterocycles. The Hall–Kier alpha value is -0.930. The number of benzene rings is 1. The fourth-order valence-corrected chi connectivity index (χ4v) is 1.90. The zero-order valence-corrected chi connectivity index (χ0v) is 12.4. The highest BCUT2D eigenvalue weighted by Gasteiger charge is 2.17. The Labute approximate surface area is 116 Å². The molecule has 0 bridgehead atoms. The number of rotatable bonds is 6. The first-order valence-electron chi connectivity index (χ1n) is 6.06. The molecule has 1 aromatic rings. The van der Waals surface area contributed by atoms with E-state index < -0.39 is 0 Å². The van der Waals surface area contributed by atoms with E-state index in [-0.39, 0.29) is 18.4 Å². The molecule has 2 N–H and O–H groups in total. The normalized spacial score (nSPS) is 11.9. The van der Waals surface area contributed by atoms with Crippen LogP contribution < -0.4 is 15.2 Å². The second-order valence-corrected chi connectivity index (χ2v) is 4.65. The Balaban J connectivity index is 0.00000289. The number of ether oxygens (including phenoxy) is 2. The molecule has 1 rings (SSSR count). The van der Waals surface area contributed by atoms with Crippen LogP contribution in [0.15, 0.2) is 18.2 Å². The van der Waals surface area contributed by atoms with Gasteiger partial charge in [-0.25, -0.2) is 0 Å². The van der Waals surface area contributed by atoms with Gasteiger partial charge in [0.05, 0.1) is 19.8 Å². The van der Waals surface area contributed by atoms with Crippen molar-refractivity contribution in [3.05, 3.63) is 23.8 Å². The lowest BCUT2D eigenvalue weighted by Crippen LogP contribution is -2.13. The van der Waals surface area contributed by atoms with Crippen molar-refractivity contribution in [3.63, 3.8) is 0 Å². The van der Waals surface area contributed by atoms with Crippen molar-refractivity contribution in [3.8, 4) is 11.5 Å². The molecule has 0 aliphatic heterocycles. The lowest BCUT2D eigenvalue weighted by molar-refractivity contribution is 0.373. The van der Waals surface area contributed by atoms with Crippen molar-refractivity contribution in [1.82, 2.24) is 0 Å². The highest BCUT2D eigenvalue weighted by atomic mass is 35.5. The average molecular weight is 274 g/mol. The molecule has 0 spiro atoms. The van der Waals surface area contributed by atoms with Gasteiger partial charge in [-0.3, -0.25) is 0 Å². The first-order chi connectivity index (χ1) is 8.10. The molecule has 0 saturated carbocycles. The molecule has 0 heterocycles. The zero-order chi connectivity index (χ0) is 12.8. The molecule has 0 aromatic heterocycles. The van der Waals surface area contributed by atoms with Crippen molar-refractivity contribution in [2.45, 2.75) is 32.7 Å². The van der Waals surface area contributed by atoms with E-state index in [4.69, 9.17) is 15.2 Å². The Bertz CT molecular complexity index is 333. The molecule has 0 unspecified atom stereocenters. The summed E-state index contributed by atoms with van der Waals surface area (Å²) < 4.78 is 10.7. The minimum absolute atomic E-state index is 0. The maximum Gasteiger partial charge on any atom is 0.127 e. The maximum atomic E-state index is 6.24. The maximum absolute atomic E-state index is 6.24. The van der Waals surface area contributed by atoms with Crippen LogP contribution in [0.3, 0.4) is 0 Å². The number of hydrogen-bond acceptors (Lipinski definition) is 3. The summed E-state index contributed by atoms with van der Waals surface area (Å²) >= 11 is 0. The lowest BCUT2D eigenvalue weighted by atomic mass is 9.97. The van der Waals surface area contributed by atoms with Crippen LogP contribution in [0.4, 0.5) is 0 Å². The molecule has 4 heteroatoms. The molecule has 0 aliphatic rings. The van der Waals surface area contributed by atoms with Crippen LogP contribution in [0.25, 0.3) is 0 Å². The van der Waals surface area contributed by atoms with Crippen LogP contribution in [-0.2, 0) is 0 Å². The first-order valence-corrected chi connectivity index (χ1v) is 6.06. The van der Waals surface area contributed by atoms with Crippen molar-refractivity contribution >= 4 is 12.4 Å². The summed E-state index contributed by atoms with van der Waals surface area (Å²) in [5.41, 5.74) is 7.21. The van der Waals surface area contributed by atoms with Crippen LogP contribution in [0.5, 0.6) is 11.5 Å². The van der Waals surface area contributed by atoms with Crippen LogP contribution in [0.2, 0.25) is 0 Å². The van der Waals surface area contributed by atoms with E-state index in [9.17, 15) is 0 Å². The number of methoxy groups -OCH3 is 2. The van der Waals surface area contributed by atoms with E-state index in [2.05, 4.69) is 13.8 Å². The summed E-state index contributed by atoms with van der Waals surface area (Å²) in [5, 5.41) is 0. The van der Waals surface area contributed by atoms with Gasteiger partial charge in [0.25, 0.3) is 0 Å². The molecule has 104 valence electrons. The molecule has 0 radical (unpaired) electrons. The quantitative estimate of drug-likeness (QED) is 0.862. The van der Waals surface area contributed by atoms with Crippen LogP contribution in [0, 0.1) is 5.92 Å². The monoisotopic (exact) mass is 273 g/mol. The summed E-state index contributed by atoms with van der Waals surface area (Å²) in [5.74, 6) is 2.27. The SMILES string of the molecule is COc1cccc(OC)c1[C@H](N)CCC(C)C.Cl. The molecule has 1 aromatic carbocycles. The van der Waals surface area contributed by atoms with Crippen molar-refractivity contribution in [2.75, 3.05) is 14.2 Å². The average Bonchev–Trinajstić information content (AvgIpc) is 2.34. The zero-order valence-electron chi connectivity index (χ0n) is 11.6.